The van der Waals surface area contributed by atoms with E-state index in [-0.39, 0.29) is 0 Å². The van der Waals surface area contributed by atoms with E-state index < -0.39 is 0 Å². The predicted molar refractivity (Wildman–Crippen MR) is 78.4 cm³/mol. The molecule has 19 heavy (non-hydrogen) atoms. The van der Waals surface area contributed by atoms with E-state index in [2.05, 4.69) is 0 Å². The van der Waals surface area contributed by atoms with Crippen molar-refractivity contribution in [3.05, 3.63) is 53.1 Å². The first-order valence-electron chi connectivity index (χ1n) is 6.03. The van der Waals surface area contributed by atoms with Crippen molar-refractivity contribution in [2.45, 2.75) is 23.6 Å². The molecule has 3 heteroatoms. The van der Waals surface area contributed by atoms with Crippen LogP contribution in [-0.2, 0) is 0 Å². The van der Waals surface area contributed by atoms with Crippen molar-refractivity contribution in [1.82, 2.24) is 0 Å². The molecule has 98 valence electrons. The number of hydrogen-bond donors (Lipinski definition) is 0. The summed E-state index contributed by atoms with van der Waals surface area (Å²) in [5.41, 5.74) is 2.93. The van der Waals surface area contributed by atoms with Crippen molar-refractivity contribution >= 4 is 18.0 Å². The van der Waals surface area contributed by atoms with Gasteiger partial charge in [0.15, 0.2) is 0 Å². The summed E-state index contributed by atoms with van der Waals surface area (Å²) in [6.45, 7) is 4.02. The summed E-state index contributed by atoms with van der Waals surface area (Å²) >= 11 is 1.66. The molecule has 2 aromatic rings. The third kappa shape index (κ3) is 2.82. The molecule has 0 unspecified atom stereocenters. The SMILES string of the molecule is COc1ccccc1Sc1ccc(C=O)c(C)c1C. The molecule has 0 fully saturated rings. The zero-order valence-electron chi connectivity index (χ0n) is 11.3. The van der Waals surface area contributed by atoms with E-state index in [9.17, 15) is 4.79 Å². The molecule has 0 amide bonds. The smallest absolute Gasteiger partial charge is 0.150 e. The predicted octanol–water partition coefficient (Wildman–Crippen LogP) is 4.28. The van der Waals surface area contributed by atoms with E-state index in [4.69, 9.17) is 4.74 Å². The lowest BCUT2D eigenvalue weighted by molar-refractivity contribution is 0.112. The summed E-state index contributed by atoms with van der Waals surface area (Å²) in [4.78, 5) is 13.1. The Hall–Kier alpha value is -1.74. The summed E-state index contributed by atoms with van der Waals surface area (Å²) in [6, 6.07) is 11.8. The molecule has 0 aliphatic rings. The molecule has 0 aromatic heterocycles. The second kappa shape index (κ2) is 5.93. The molecular formula is C16H16O2S. The van der Waals surface area contributed by atoms with Gasteiger partial charge in [0.1, 0.15) is 12.0 Å². The largest absolute Gasteiger partial charge is 0.496 e. The van der Waals surface area contributed by atoms with Crippen molar-refractivity contribution in [3.8, 4) is 5.75 Å². The van der Waals surface area contributed by atoms with Crippen LogP contribution < -0.4 is 4.74 Å². The first kappa shape index (κ1) is 13.7. The van der Waals surface area contributed by atoms with Crippen LogP contribution in [0.3, 0.4) is 0 Å². The van der Waals surface area contributed by atoms with Gasteiger partial charge < -0.3 is 4.74 Å². The van der Waals surface area contributed by atoms with Gasteiger partial charge in [0.25, 0.3) is 0 Å². The molecule has 2 nitrogen and oxygen atoms in total. The Labute approximate surface area is 117 Å². The Balaban J connectivity index is 2.39. The Morgan fingerprint density at radius 2 is 1.74 bits per heavy atom. The molecule has 0 radical (unpaired) electrons. The summed E-state index contributed by atoms with van der Waals surface area (Å²) in [6.07, 6.45) is 0.903. The van der Waals surface area contributed by atoms with Crippen molar-refractivity contribution in [1.29, 1.82) is 0 Å². The maximum absolute atomic E-state index is 10.9. The highest BCUT2D eigenvalue weighted by Gasteiger charge is 2.09. The fourth-order valence-corrected chi connectivity index (χ4v) is 2.95. The highest BCUT2D eigenvalue weighted by atomic mass is 32.2. The number of aldehydes is 1. The van der Waals surface area contributed by atoms with Crippen LogP contribution in [0.4, 0.5) is 0 Å². The summed E-state index contributed by atoms with van der Waals surface area (Å²) in [5, 5.41) is 0. The van der Waals surface area contributed by atoms with Crippen molar-refractivity contribution in [2.75, 3.05) is 7.11 Å². The lowest BCUT2D eigenvalue weighted by atomic mass is 10.0. The third-order valence-corrected chi connectivity index (χ3v) is 4.41. The van der Waals surface area contributed by atoms with Gasteiger partial charge in [0.2, 0.25) is 0 Å². The minimum Gasteiger partial charge on any atom is -0.496 e. The number of rotatable bonds is 4. The number of carbonyl (C=O) groups excluding carboxylic acids is 1. The van der Waals surface area contributed by atoms with Crippen LogP contribution in [0.15, 0.2) is 46.2 Å². The monoisotopic (exact) mass is 272 g/mol. The molecule has 2 rings (SSSR count). The van der Waals surface area contributed by atoms with Crippen LogP contribution in [0.5, 0.6) is 5.75 Å². The van der Waals surface area contributed by atoms with E-state index in [0.717, 1.165) is 38.5 Å². The number of methoxy groups -OCH3 is 1. The molecule has 0 atom stereocenters. The zero-order valence-corrected chi connectivity index (χ0v) is 12.1. The van der Waals surface area contributed by atoms with E-state index in [1.165, 1.54) is 0 Å². The molecule has 2 aromatic carbocycles. The quantitative estimate of drug-likeness (QED) is 0.777. The first-order chi connectivity index (χ1) is 9.17. The molecule has 0 heterocycles. The number of para-hydroxylation sites is 1. The molecule has 0 aliphatic heterocycles. The molecular weight excluding hydrogens is 256 g/mol. The van der Waals surface area contributed by atoms with Crippen molar-refractivity contribution in [2.24, 2.45) is 0 Å². The number of ether oxygens (including phenoxy) is 1. The van der Waals surface area contributed by atoms with Gasteiger partial charge in [-0.15, -0.1) is 0 Å². The fraction of sp³-hybridized carbons (Fsp3) is 0.188. The average Bonchev–Trinajstić information content (AvgIpc) is 2.45. The first-order valence-corrected chi connectivity index (χ1v) is 6.85. The van der Waals surface area contributed by atoms with Gasteiger partial charge in [0.05, 0.1) is 12.0 Å². The lowest BCUT2D eigenvalue weighted by Crippen LogP contribution is -1.93. The minimum absolute atomic E-state index is 0.752. The number of carbonyl (C=O) groups is 1. The number of hydrogen-bond acceptors (Lipinski definition) is 3. The summed E-state index contributed by atoms with van der Waals surface area (Å²) < 4.78 is 5.36. The molecule has 0 aliphatic carbocycles. The average molecular weight is 272 g/mol. The van der Waals surface area contributed by atoms with Crippen LogP contribution in [0.1, 0.15) is 21.5 Å². The Morgan fingerprint density at radius 1 is 1.00 bits per heavy atom. The molecule has 0 saturated heterocycles. The Kier molecular flexibility index (Phi) is 4.27. The standard InChI is InChI=1S/C16H16O2S/c1-11-12(2)15(9-8-13(11)10-17)19-16-7-5-4-6-14(16)18-3/h4-10H,1-3H3. The topological polar surface area (TPSA) is 26.3 Å². The van der Waals surface area contributed by atoms with Gasteiger partial charge in [-0.25, -0.2) is 0 Å². The summed E-state index contributed by atoms with van der Waals surface area (Å²) in [7, 11) is 1.67. The highest BCUT2D eigenvalue weighted by Crippen LogP contribution is 2.37. The van der Waals surface area contributed by atoms with Gasteiger partial charge in [-0.05, 0) is 43.2 Å². The fourth-order valence-electron chi connectivity index (χ4n) is 1.88. The van der Waals surface area contributed by atoms with Crippen LogP contribution in [0, 0.1) is 13.8 Å². The van der Waals surface area contributed by atoms with Crippen LogP contribution >= 0.6 is 11.8 Å². The van der Waals surface area contributed by atoms with E-state index in [1.54, 1.807) is 18.9 Å². The second-order valence-electron chi connectivity index (χ2n) is 4.27. The van der Waals surface area contributed by atoms with Crippen LogP contribution in [0.25, 0.3) is 0 Å². The molecule has 0 saturated carbocycles. The maximum Gasteiger partial charge on any atom is 0.150 e. The van der Waals surface area contributed by atoms with E-state index >= 15 is 0 Å². The minimum atomic E-state index is 0.752. The van der Waals surface area contributed by atoms with Gasteiger partial charge in [-0.2, -0.15) is 0 Å². The van der Waals surface area contributed by atoms with Crippen LogP contribution in [-0.4, -0.2) is 13.4 Å². The molecule has 0 bridgehead atoms. The van der Waals surface area contributed by atoms with E-state index in [0.29, 0.717) is 0 Å². The Morgan fingerprint density at radius 3 is 2.42 bits per heavy atom. The van der Waals surface area contributed by atoms with Gasteiger partial charge in [0, 0.05) is 10.5 Å². The highest BCUT2D eigenvalue weighted by molar-refractivity contribution is 7.99. The summed E-state index contributed by atoms with van der Waals surface area (Å²) in [5.74, 6) is 0.865. The third-order valence-electron chi connectivity index (χ3n) is 3.20. The normalized spacial score (nSPS) is 10.3. The van der Waals surface area contributed by atoms with Gasteiger partial charge in [-0.1, -0.05) is 30.0 Å². The second-order valence-corrected chi connectivity index (χ2v) is 5.36. The van der Waals surface area contributed by atoms with E-state index in [1.807, 2.05) is 50.2 Å². The molecule has 0 spiro atoms. The van der Waals surface area contributed by atoms with Gasteiger partial charge >= 0.3 is 0 Å². The lowest BCUT2D eigenvalue weighted by Gasteiger charge is -2.12. The molecule has 0 N–H and O–H groups in total. The van der Waals surface area contributed by atoms with Crippen LogP contribution in [0.2, 0.25) is 0 Å². The zero-order chi connectivity index (χ0) is 13.8. The van der Waals surface area contributed by atoms with Crippen molar-refractivity contribution < 1.29 is 9.53 Å². The number of benzene rings is 2. The maximum atomic E-state index is 10.9. The van der Waals surface area contributed by atoms with Crippen molar-refractivity contribution in [3.63, 3.8) is 0 Å². The van der Waals surface area contributed by atoms with Gasteiger partial charge in [-0.3, -0.25) is 4.79 Å². The Bertz CT molecular complexity index is 606.